The van der Waals surface area contributed by atoms with Gasteiger partial charge in [0.1, 0.15) is 17.2 Å². The number of hydrogen-bond donors (Lipinski definition) is 1. The van der Waals surface area contributed by atoms with E-state index < -0.39 is 6.36 Å². The Morgan fingerprint density at radius 3 is 2.41 bits per heavy atom. The van der Waals surface area contributed by atoms with Crippen LogP contribution < -0.4 is 14.8 Å². The van der Waals surface area contributed by atoms with Crippen molar-refractivity contribution in [3.8, 4) is 17.2 Å². The molecular weight excluding hydrogens is 489 g/mol. The van der Waals surface area contributed by atoms with Crippen LogP contribution in [0.15, 0.2) is 77.3 Å². The number of para-hydroxylation sites is 1. The van der Waals surface area contributed by atoms with Crippen molar-refractivity contribution in [1.82, 2.24) is 15.0 Å². The first-order valence-corrected chi connectivity index (χ1v) is 11.6. The van der Waals surface area contributed by atoms with Gasteiger partial charge in [-0.1, -0.05) is 29.4 Å². The summed E-state index contributed by atoms with van der Waals surface area (Å²) in [5.41, 5.74) is 1.63. The second-order valence-electron chi connectivity index (χ2n) is 8.49. The lowest BCUT2D eigenvalue weighted by molar-refractivity contribution is -0.274. The number of nitrogens with one attached hydrogen (secondary N) is 1. The van der Waals surface area contributed by atoms with Gasteiger partial charge in [-0.05, 0) is 54.1 Å². The van der Waals surface area contributed by atoms with Crippen LogP contribution in [0.25, 0.3) is 11.0 Å². The number of rotatable bonds is 6. The third-order valence-corrected chi connectivity index (χ3v) is 5.86. The van der Waals surface area contributed by atoms with Crippen molar-refractivity contribution >= 4 is 22.8 Å². The van der Waals surface area contributed by atoms with Crippen LogP contribution >= 0.6 is 0 Å². The Morgan fingerprint density at radius 2 is 1.65 bits per heavy atom. The molecule has 11 heteroatoms. The van der Waals surface area contributed by atoms with Crippen molar-refractivity contribution < 1.29 is 32.0 Å². The number of aromatic nitrogens is 1. The highest BCUT2D eigenvalue weighted by atomic mass is 19.4. The lowest BCUT2D eigenvalue weighted by Crippen LogP contribution is -2.49. The summed E-state index contributed by atoms with van der Waals surface area (Å²) >= 11 is 0. The fraction of sp³-hybridized carbons (Fsp3) is 0.231. The third kappa shape index (κ3) is 6.31. The van der Waals surface area contributed by atoms with Crippen LogP contribution in [0.4, 0.5) is 23.8 Å². The van der Waals surface area contributed by atoms with E-state index in [1.165, 1.54) is 24.3 Å². The molecule has 5 rings (SSSR count). The number of carbonyl (C=O) groups excluding carboxylic acids is 1. The summed E-state index contributed by atoms with van der Waals surface area (Å²) in [6.07, 6.45) is -4.74. The van der Waals surface area contributed by atoms with Crippen LogP contribution in [0, 0.1) is 0 Å². The molecule has 0 atom stereocenters. The Bertz CT molecular complexity index is 1370. The van der Waals surface area contributed by atoms with E-state index in [4.69, 9.17) is 9.26 Å². The first-order valence-electron chi connectivity index (χ1n) is 11.6. The van der Waals surface area contributed by atoms with Crippen molar-refractivity contribution in [1.29, 1.82) is 0 Å². The predicted molar refractivity (Wildman–Crippen MR) is 130 cm³/mol. The zero-order valence-corrected chi connectivity index (χ0v) is 19.6. The van der Waals surface area contributed by atoms with Crippen LogP contribution in [0.3, 0.4) is 0 Å². The first-order chi connectivity index (χ1) is 17.8. The average molecular weight is 512 g/mol. The smallest absolute Gasteiger partial charge is 0.457 e. The zero-order valence-electron chi connectivity index (χ0n) is 19.6. The minimum atomic E-state index is -4.74. The normalized spacial score (nSPS) is 14.5. The van der Waals surface area contributed by atoms with Crippen LogP contribution in [-0.2, 0) is 6.54 Å². The predicted octanol–water partition coefficient (Wildman–Crippen LogP) is 5.87. The number of nitrogens with zero attached hydrogens (tertiary/aromatic N) is 3. The summed E-state index contributed by atoms with van der Waals surface area (Å²) in [6.45, 7) is 3.17. The van der Waals surface area contributed by atoms with E-state index in [1.54, 1.807) is 17.0 Å². The van der Waals surface area contributed by atoms with Gasteiger partial charge >= 0.3 is 12.4 Å². The molecule has 0 unspecified atom stereocenters. The van der Waals surface area contributed by atoms with Crippen LogP contribution in [0.1, 0.15) is 5.56 Å². The van der Waals surface area contributed by atoms with Crippen molar-refractivity contribution in [3.05, 3.63) is 78.4 Å². The summed E-state index contributed by atoms with van der Waals surface area (Å²) in [6, 6.07) is 19.8. The number of piperazine rings is 1. The van der Waals surface area contributed by atoms with Gasteiger partial charge in [0.05, 0.1) is 5.39 Å². The molecule has 8 nitrogen and oxygen atoms in total. The minimum absolute atomic E-state index is 0.222. The fourth-order valence-corrected chi connectivity index (χ4v) is 4.08. The maximum absolute atomic E-state index is 12.7. The Morgan fingerprint density at radius 1 is 0.919 bits per heavy atom. The van der Waals surface area contributed by atoms with Crippen molar-refractivity contribution in [3.63, 3.8) is 0 Å². The number of urea groups is 1. The molecule has 2 heterocycles. The van der Waals surface area contributed by atoms with Gasteiger partial charge in [-0.25, -0.2) is 4.79 Å². The van der Waals surface area contributed by atoms with Gasteiger partial charge in [0.25, 0.3) is 0 Å². The van der Waals surface area contributed by atoms with E-state index in [1.807, 2.05) is 36.4 Å². The van der Waals surface area contributed by atoms with E-state index >= 15 is 0 Å². The molecule has 0 bridgehead atoms. The number of carbonyl (C=O) groups is 1. The average Bonchev–Trinajstić information content (AvgIpc) is 3.28. The van der Waals surface area contributed by atoms with Gasteiger partial charge in [0.2, 0.25) is 0 Å². The summed E-state index contributed by atoms with van der Waals surface area (Å²) in [5, 5.41) is 7.53. The van der Waals surface area contributed by atoms with Gasteiger partial charge in [-0.15, -0.1) is 13.2 Å². The molecular formula is C26H23F3N4O4. The largest absolute Gasteiger partial charge is 0.573 e. The molecule has 0 radical (unpaired) electrons. The van der Waals surface area contributed by atoms with Crippen molar-refractivity contribution in [2.75, 3.05) is 31.5 Å². The topological polar surface area (TPSA) is 80.1 Å². The number of anilines is 1. The molecule has 1 fully saturated rings. The second-order valence-corrected chi connectivity index (χ2v) is 8.49. The maximum Gasteiger partial charge on any atom is 0.573 e. The van der Waals surface area contributed by atoms with Gasteiger partial charge in [-0.2, -0.15) is 0 Å². The summed E-state index contributed by atoms with van der Waals surface area (Å²) in [4.78, 5) is 16.7. The summed E-state index contributed by atoms with van der Waals surface area (Å²) < 4.78 is 51.9. The Kier molecular flexibility index (Phi) is 6.87. The molecule has 4 aromatic rings. The molecule has 0 saturated carbocycles. The van der Waals surface area contributed by atoms with Crippen LogP contribution in [0.2, 0.25) is 0 Å². The molecule has 0 spiro atoms. The lowest BCUT2D eigenvalue weighted by atomic mass is 10.2. The number of fused-ring (bicyclic) bond motifs is 1. The van der Waals surface area contributed by atoms with Crippen LogP contribution in [-0.4, -0.2) is 53.5 Å². The molecule has 3 aromatic carbocycles. The lowest BCUT2D eigenvalue weighted by Gasteiger charge is -2.34. The Balaban J connectivity index is 1.12. The van der Waals surface area contributed by atoms with Crippen LogP contribution in [0.5, 0.6) is 17.2 Å². The molecule has 0 aliphatic carbocycles. The highest BCUT2D eigenvalue weighted by molar-refractivity contribution is 5.98. The Labute approximate surface area is 210 Å². The zero-order chi connectivity index (χ0) is 25.8. The van der Waals surface area contributed by atoms with Crippen molar-refractivity contribution in [2.45, 2.75) is 12.9 Å². The minimum Gasteiger partial charge on any atom is -0.457 e. The van der Waals surface area contributed by atoms with E-state index in [-0.39, 0.29) is 11.8 Å². The highest BCUT2D eigenvalue weighted by Gasteiger charge is 2.31. The molecule has 37 heavy (non-hydrogen) atoms. The molecule has 192 valence electrons. The Hall–Kier alpha value is -4.25. The van der Waals surface area contributed by atoms with E-state index in [2.05, 4.69) is 20.1 Å². The van der Waals surface area contributed by atoms with Gasteiger partial charge in [0.15, 0.2) is 11.4 Å². The van der Waals surface area contributed by atoms with E-state index in [0.29, 0.717) is 55.6 Å². The molecule has 1 aromatic heterocycles. The number of alkyl halides is 3. The SMILES string of the molecule is O=C(Nc1noc2ccccc12)N1CCN(Cc2cccc(Oc3ccc(OC(F)(F)F)cc3)c2)CC1. The number of benzene rings is 3. The standard InChI is InChI=1S/C26H23F3N4O4/c27-26(28,29)36-20-10-8-19(9-11-20)35-21-5-3-4-18(16-21)17-32-12-14-33(15-13-32)25(34)30-24-22-6-1-2-7-23(22)37-31-24/h1-11,16H,12-15,17H2,(H,30,31,34). The molecule has 1 N–H and O–H groups in total. The molecule has 1 saturated heterocycles. The monoisotopic (exact) mass is 512 g/mol. The van der Waals surface area contributed by atoms with Gasteiger partial charge < -0.3 is 18.9 Å². The summed E-state index contributed by atoms with van der Waals surface area (Å²) in [5.74, 6) is 1.06. The number of amides is 2. The molecule has 1 aliphatic heterocycles. The van der Waals surface area contributed by atoms with Gasteiger partial charge in [-0.3, -0.25) is 10.2 Å². The quantitative estimate of drug-likeness (QED) is 0.348. The van der Waals surface area contributed by atoms with E-state index in [0.717, 1.165) is 10.9 Å². The highest BCUT2D eigenvalue weighted by Crippen LogP contribution is 2.28. The third-order valence-electron chi connectivity index (χ3n) is 5.86. The number of ether oxygens (including phenoxy) is 2. The molecule has 2 amide bonds. The maximum atomic E-state index is 12.7. The fourth-order valence-electron chi connectivity index (χ4n) is 4.08. The molecule has 1 aliphatic rings. The van der Waals surface area contributed by atoms with Crippen molar-refractivity contribution in [2.24, 2.45) is 0 Å². The second kappa shape index (κ2) is 10.4. The first kappa shape index (κ1) is 24.4. The number of hydrogen-bond acceptors (Lipinski definition) is 6. The summed E-state index contributed by atoms with van der Waals surface area (Å²) in [7, 11) is 0. The van der Waals surface area contributed by atoms with Gasteiger partial charge in [0, 0.05) is 32.7 Å². The number of halogens is 3. The van der Waals surface area contributed by atoms with E-state index in [9.17, 15) is 18.0 Å².